The number of carboxylic acids is 1. The Balaban J connectivity index is 1.68. The molecule has 2 heterocycles. The van der Waals surface area contributed by atoms with Gasteiger partial charge in [-0.3, -0.25) is 19.7 Å². The van der Waals surface area contributed by atoms with Crippen LogP contribution in [0.15, 0.2) is 36.5 Å². The fraction of sp³-hybridized carbons (Fsp3) is 0.353. The van der Waals surface area contributed by atoms with Crippen LogP contribution in [-0.2, 0) is 4.79 Å². The van der Waals surface area contributed by atoms with Crippen molar-refractivity contribution >= 4 is 17.6 Å². The van der Waals surface area contributed by atoms with Gasteiger partial charge >= 0.3 is 5.97 Å². The van der Waals surface area contributed by atoms with Gasteiger partial charge in [0.15, 0.2) is 5.69 Å². The number of non-ortho nitro benzene ring substituents is 1. The Morgan fingerprint density at radius 1 is 1.27 bits per heavy atom. The molecule has 0 unspecified atom stereocenters. The zero-order valence-corrected chi connectivity index (χ0v) is 13.9. The van der Waals surface area contributed by atoms with Crippen molar-refractivity contribution in [1.82, 2.24) is 14.7 Å². The Morgan fingerprint density at radius 3 is 2.65 bits per heavy atom. The third-order valence-electron chi connectivity index (χ3n) is 4.48. The molecule has 26 heavy (non-hydrogen) atoms. The zero-order chi connectivity index (χ0) is 18.7. The van der Waals surface area contributed by atoms with Crippen LogP contribution in [0.1, 0.15) is 29.8 Å². The first-order chi connectivity index (χ1) is 12.4. The minimum Gasteiger partial charge on any atom is -0.481 e. The van der Waals surface area contributed by atoms with Crippen LogP contribution in [0.2, 0.25) is 0 Å². The van der Waals surface area contributed by atoms with Gasteiger partial charge in [-0.15, -0.1) is 0 Å². The molecule has 1 saturated heterocycles. The number of amides is 1. The van der Waals surface area contributed by atoms with Gasteiger partial charge in [0.25, 0.3) is 11.6 Å². The third-order valence-corrected chi connectivity index (χ3v) is 4.48. The predicted octanol–water partition coefficient (Wildman–Crippen LogP) is 2.11. The van der Waals surface area contributed by atoms with Crippen LogP contribution in [0.25, 0.3) is 5.69 Å². The molecule has 1 aliphatic heterocycles. The van der Waals surface area contributed by atoms with Crippen molar-refractivity contribution in [2.75, 3.05) is 13.1 Å². The zero-order valence-electron chi connectivity index (χ0n) is 13.9. The van der Waals surface area contributed by atoms with Crippen LogP contribution in [0.3, 0.4) is 0 Å². The quantitative estimate of drug-likeness (QED) is 0.646. The maximum Gasteiger partial charge on any atom is 0.303 e. The smallest absolute Gasteiger partial charge is 0.303 e. The van der Waals surface area contributed by atoms with E-state index in [9.17, 15) is 19.7 Å². The predicted molar refractivity (Wildman–Crippen MR) is 91.1 cm³/mol. The summed E-state index contributed by atoms with van der Waals surface area (Å²) >= 11 is 0. The van der Waals surface area contributed by atoms with Gasteiger partial charge in [-0.2, -0.15) is 5.10 Å². The van der Waals surface area contributed by atoms with E-state index < -0.39 is 10.9 Å². The highest BCUT2D eigenvalue weighted by molar-refractivity contribution is 5.92. The maximum absolute atomic E-state index is 12.6. The summed E-state index contributed by atoms with van der Waals surface area (Å²) < 4.78 is 1.43. The average molecular weight is 358 g/mol. The highest BCUT2D eigenvalue weighted by Crippen LogP contribution is 2.22. The Morgan fingerprint density at radius 2 is 2.00 bits per heavy atom. The van der Waals surface area contributed by atoms with Gasteiger partial charge in [0.2, 0.25) is 0 Å². The molecule has 1 amide bonds. The first-order valence-electron chi connectivity index (χ1n) is 8.25. The molecule has 1 aromatic carbocycles. The number of hydrogen-bond donors (Lipinski definition) is 1. The fourth-order valence-electron chi connectivity index (χ4n) is 3.08. The molecule has 1 fully saturated rings. The lowest BCUT2D eigenvalue weighted by molar-refractivity contribution is -0.384. The molecule has 1 N–H and O–H groups in total. The molecule has 2 aromatic rings. The van der Waals surface area contributed by atoms with Gasteiger partial charge in [0.05, 0.1) is 10.6 Å². The monoisotopic (exact) mass is 358 g/mol. The number of carbonyl (C=O) groups is 2. The minimum atomic E-state index is -0.814. The van der Waals surface area contributed by atoms with E-state index in [0.717, 1.165) is 0 Å². The maximum atomic E-state index is 12.6. The van der Waals surface area contributed by atoms with Crippen molar-refractivity contribution in [3.63, 3.8) is 0 Å². The lowest BCUT2D eigenvalue weighted by Gasteiger charge is -2.30. The summed E-state index contributed by atoms with van der Waals surface area (Å²) in [4.78, 5) is 35.4. The Labute approximate surface area is 149 Å². The van der Waals surface area contributed by atoms with Gasteiger partial charge in [-0.25, -0.2) is 4.68 Å². The summed E-state index contributed by atoms with van der Waals surface area (Å²) in [6, 6.07) is 7.58. The van der Waals surface area contributed by atoms with E-state index in [2.05, 4.69) is 5.10 Å². The lowest BCUT2D eigenvalue weighted by Crippen LogP contribution is -2.39. The number of nitrogens with zero attached hydrogens (tertiary/aromatic N) is 4. The Bertz CT molecular complexity index is 839. The van der Waals surface area contributed by atoms with Crippen molar-refractivity contribution < 1.29 is 19.6 Å². The van der Waals surface area contributed by atoms with E-state index in [0.29, 0.717) is 31.6 Å². The number of carboxylic acid groups (broad SMARTS) is 1. The summed E-state index contributed by atoms with van der Waals surface area (Å²) in [5.74, 6) is -0.938. The lowest BCUT2D eigenvalue weighted by atomic mass is 9.93. The number of likely N-dealkylation sites (tertiary alicyclic amines) is 1. The van der Waals surface area contributed by atoms with Crippen LogP contribution in [0.4, 0.5) is 5.69 Å². The summed E-state index contributed by atoms with van der Waals surface area (Å²) in [5.41, 5.74) is 0.706. The molecular weight excluding hydrogens is 340 g/mol. The average Bonchev–Trinajstić information content (AvgIpc) is 3.11. The molecule has 0 spiro atoms. The van der Waals surface area contributed by atoms with Gasteiger partial charge in [-0.1, -0.05) is 6.07 Å². The number of nitro benzene ring substituents is 1. The van der Waals surface area contributed by atoms with E-state index in [1.807, 2.05) is 0 Å². The van der Waals surface area contributed by atoms with Crippen molar-refractivity contribution in [1.29, 1.82) is 0 Å². The van der Waals surface area contributed by atoms with Crippen LogP contribution in [0.5, 0.6) is 0 Å². The second-order valence-electron chi connectivity index (χ2n) is 6.26. The number of piperidine rings is 1. The summed E-state index contributed by atoms with van der Waals surface area (Å²) in [5, 5.41) is 24.0. The largest absolute Gasteiger partial charge is 0.481 e. The number of aromatic nitrogens is 2. The number of aliphatic carboxylic acids is 1. The van der Waals surface area contributed by atoms with Gasteiger partial charge in [-0.05, 0) is 30.9 Å². The van der Waals surface area contributed by atoms with Crippen molar-refractivity contribution in [2.24, 2.45) is 5.92 Å². The van der Waals surface area contributed by atoms with E-state index in [-0.39, 0.29) is 29.6 Å². The van der Waals surface area contributed by atoms with Gasteiger partial charge in [0, 0.05) is 37.8 Å². The molecule has 0 saturated carbocycles. The molecular formula is C17H18N4O5. The highest BCUT2D eigenvalue weighted by atomic mass is 16.6. The van der Waals surface area contributed by atoms with E-state index in [4.69, 9.17) is 5.11 Å². The van der Waals surface area contributed by atoms with Crippen LogP contribution >= 0.6 is 0 Å². The summed E-state index contributed by atoms with van der Waals surface area (Å²) in [7, 11) is 0. The first kappa shape index (κ1) is 17.6. The van der Waals surface area contributed by atoms with Crippen molar-refractivity contribution in [3.05, 3.63) is 52.3 Å². The number of rotatable bonds is 5. The molecule has 136 valence electrons. The molecule has 0 bridgehead atoms. The number of carbonyl (C=O) groups excluding carboxylic acids is 1. The van der Waals surface area contributed by atoms with Crippen LogP contribution < -0.4 is 0 Å². The summed E-state index contributed by atoms with van der Waals surface area (Å²) in [6.45, 7) is 1.00. The van der Waals surface area contributed by atoms with Crippen molar-refractivity contribution in [3.8, 4) is 5.69 Å². The Hall–Kier alpha value is -3.23. The molecule has 9 heteroatoms. The first-order valence-corrected chi connectivity index (χ1v) is 8.25. The van der Waals surface area contributed by atoms with E-state index >= 15 is 0 Å². The molecule has 0 aliphatic carbocycles. The number of nitro groups is 1. The van der Waals surface area contributed by atoms with E-state index in [1.54, 1.807) is 29.3 Å². The fourth-order valence-corrected chi connectivity index (χ4v) is 3.08. The third kappa shape index (κ3) is 3.88. The molecule has 0 radical (unpaired) electrons. The molecule has 3 rings (SSSR count). The molecule has 9 nitrogen and oxygen atoms in total. The van der Waals surface area contributed by atoms with Crippen molar-refractivity contribution in [2.45, 2.75) is 19.3 Å². The SMILES string of the molecule is O=C(O)CC1CCN(C(=O)c2ccn(-c3cccc([N+](=O)[O-])c3)n2)CC1. The topological polar surface area (TPSA) is 119 Å². The van der Waals surface area contributed by atoms with Gasteiger partial charge in [0.1, 0.15) is 0 Å². The molecule has 1 aliphatic rings. The van der Waals surface area contributed by atoms with Crippen LogP contribution in [-0.4, -0.2) is 49.7 Å². The number of hydrogen-bond acceptors (Lipinski definition) is 5. The molecule has 1 aromatic heterocycles. The highest BCUT2D eigenvalue weighted by Gasteiger charge is 2.26. The van der Waals surface area contributed by atoms with Crippen LogP contribution in [0, 0.1) is 16.0 Å². The summed E-state index contributed by atoms with van der Waals surface area (Å²) in [6.07, 6.45) is 3.03. The van der Waals surface area contributed by atoms with E-state index in [1.165, 1.54) is 16.8 Å². The normalized spacial score (nSPS) is 15.0. The Kier molecular flexibility index (Phi) is 4.97. The second-order valence-corrected chi connectivity index (χ2v) is 6.26. The number of benzene rings is 1. The van der Waals surface area contributed by atoms with Gasteiger partial charge < -0.3 is 10.0 Å². The standard InChI is InChI=1S/C17H18N4O5/c22-16(23)10-12-4-7-19(8-5-12)17(24)15-6-9-20(18-15)13-2-1-3-14(11-13)21(25)26/h1-3,6,9,11-12H,4-5,7-8,10H2,(H,22,23). The molecule has 0 atom stereocenters. The second kappa shape index (κ2) is 7.34. The minimum absolute atomic E-state index is 0.0496.